The van der Waals surface area contributed by atoms with Gasteiger partial charge in [0.15, 0.2) is 0 Å². The van der Waals surface area contributed by atoms with Crippen molar-refractivity contribution < 1.29 is 4.79 Å². The number of amides is 1. The van der Waals surface area contributed by atoms with Crippen molar-refractivity contribution in [3.8, 4) is 0 Å². The first-order chi connectivity index (χ1) is 9.16. The average Bonchev–Trinajstić information content (AvgIpc) is 2.41. The molecule has 6 heteroatoms. The molecule has 1 aromatic carbocycles. The smallest absolute Gasteiger partial charge is 0.223 e. The van der Waals surface area contributed by atoms with E-state index in [4.69, 9.17) is 11.6 Å². The zero-order chi connectivity index (χ0) is 13.7. The second kappa shape index (κ2) is 8.78. The van der Waals surface area contributed by atoms with Gasteiger partial charge in [0, 0.05) is 47.8 Å². The molecule has 1 aliphatic heterocycles. The quantitative estimate of drug-likeness (QED) is 0.859. The van der Waals surface area contributed by atoms with Crippen LogP contribution in [-0.4, -0.2) is 42.2 Å². The first-order valence-corrected chi connectivity index (χ1v) is 7.92. The molecule has 1 aromatic rings. The van der Waals surface area contributed by atoms with Gasteiger partial charge < -0.3 is 10.2 Å². The molecule has 1 atom stereocenters. The fourth-order valence-corrected chi connectivity index (χ4v) is 3.11. The van der Waals surface area contributed by atoms with E-state index >= 15 is 0 Å². The summed E-state index contributed by atoms with van der Waals surface area (Å²) in [5.74, 6) is 1.08. The van der Waals surface area contributed by atoms with E-state index in [1.165, 1.54) is 0 Å². The predicted octanol–water partition coefficient (Wildman–Crippen LogP) is 3.06. The largest absolute Gasteiger partial charge is 0.337 e. The number of halogens is 2. The number of hydrogen-bond donors (Lipinski definition) is 1. The number of carbonyl (C=O) groups is 1. The van der Waals surface area contributed by atoms with E-state index in [0.29, 0.717) is 12.5 Å². The maximum absolute atomic E-state index is 12.1. The van der Waals surface area contributed by atoms with Gasteiger partial charge in [0.2, 0.25) is 5.91 Å². The van der Waals surface area contributed by atoms with Crippen molar-refractivity contribution in [1.29, 1.82) is 0 Å². The van der Waals surface area contributed by atoms with Crippen LogP contribution >= 0.6 is 35.8 Å². The molecule has 1 aliphatic rings. The average molecular weight is 335 g/mol. The second-order valence-electron chi connectivity index (χ2n) is 4.69. The Hall–Kier alpha value is -0.420. The Morgan fingerprint density at radius 3 is 2.80 bits per heavy atom. The van der Waals surface area contributed by atoms with E-state index in [1.807, 2.05) is 29.2 Å². The Morgan fingerprint density at radius 2 is 2.15 bits per heavy atom. The summed E-state index contributed by atoms with van der Waals surface area (Å²) in [7, 11) is 0. The molecule has 0 saturated carbocycles. The van der Waals surface area contributed by atoms with Crippen LogP contribution in [0.1, 0.15) is 13.3 Å². The SMILES string of the molecule is C[C@H]1CNCCN1C(=O)CCSc1ccc(Cl)cc1.Cl. The van der Waals surface area contributed by atoms with E-state index < -0.39 is 0 Å². The van der Waals surface area contributed by atoms with Crippen LogP contribution in [0.4, 0.5) is 0 Å². The highest BCUT2D eigenvalue weighted by molar-refractivity contribution is 7.99. The van der Waals surface area contributed by atoms with Crippen molar-refractivity contribution in [2.75, 3.05) is 25.4 Å². The van der Waals surface area contributed by atoms with Crippen molar-refractivity contribution in [1.82, 2.24) is 10.2 Å². The summed E-state index contributed by atoms with van der Waals surface area (Å²) >= 11 is 7.54. The van der Waals surface area contributed by atoms with E-state index in [1.54, 1.807) is 11.8 Å². The molecule has 0 bridgehead atoms. The van der Waals surface area contributed by atoms with Crippen molar-refractivity contribution in [3.05, 3.63) is 29.3 Å². The molecule has 1 amide bonds. The van der Waals surface area contributed by atoms with Gasteiger partial charge in [-0.3, -0.25) is 4.79 Å². The van der Waals surface area contributed by atoms with E-state index in [0.717, 1.165) is 35.3 Å². The van der Waals surface area contributed by atoms with Crippen molar-refractivity contribution >= 4 is 41.7 Å². The van der Waals surface area contributed by atoms with Crippen LogP contribution in [0.25, 0.3) is 0 Å². The molecule has 3 nitrogen and oxygen atoms in total. The molecular formula is C14H20Cl2N2OS. The molecule has 112 valence electrons. The Labute approximate surface area is 135 Å². The number of hydrogen-bond acceptors (Lipinski definition) is 3. The number of rotatable bonds is 4. The Balaban J connectivity index is 0.00000200. The molecule has 1 heterocycles. The molecule has 1 fully saturated rings. The molecule has 20 heavy (non-hydrogen) atoms. The molecule has 0 unspecified atom stereocenters. The third-order valence-corrected chi connectivity index (χ3v) is 4.49. The normalized spacial score (nSPS) is 18.5. The van der Waals surface area contributed by atoms with Crippen molar-refractivity contribution in [3.63, 3.8) is 0 Å². The highest BCUT2D eigenvalue weighted by Gasteiger charge is 2.22. The molecule has 1 saturated heterocycles. The highest BCUT2D eigenvalue weighted by Crippen LogP contribution is 2.21. The standard InChI is InChI=1S/C14H19ClN2OS.ClH/c1-11-10-16-7-8-17(11)14(18)6-9-19-13-4-2-12(15)3-5-13;/h2-5,11,16H,6-10H2,1H3;1H/t11-;/m0./s1. The lowest BCUT2D eigenvalue weighted by Crippen LogP contribution is -2.52. The number of nitrogens with zero attached hydrogens (tertiary/aromatic N) is 1. The van der Waals surface area contributed by atoms with Gasteiger partial charge in [0.05, 0.1) is 0 Å². The van der Waals surface area contributed by atoms with Crippen LogP contribution in [0.2, 0.25) is 5.02 Å². The minimum absolute atomic E-state index is 0. The predicted molar refractivity (Wildman–Crippen MR) is 88.1 cm³/mol. The van der Waals surface area contributed by atoms with Crippen molar-refractivity contribution in [2.45, 2.75) is 24.3 Å². The zero-order valence-corrected chi connectivity index (χ0v) is 13.9. The number of carbonyl (C=O) groups excluding carboxylic acids is 1. The summed E-state index contributed by atoms with van der Waals surface area (Å²) in [5.41, 5.74) is 0. The van der Waals surface area contributed by atoms with Gasteiger partial charge in [-0.15, -0.1) is 24.2 Å². The fraction of sp³-hybridized carbons (Fsp3) is 0.500. The van der Waals surface area contributed by atoms with Crippen LogP contribution in [-0.2, 0) is 4.79 Å². The van der Waals surface area contributed by atoms with Gasteiger partial charge in [0.1, 0.15) is 0 Å². The van der Waals surface area contributed by atoms with Crippen LogP contribution in [0.15, 0.2) is 29.2 Å². The van der Waals surface area contributed by atoms with Crippen molar-refractivity contribution in [2.24, 2.45) is 0 Å². The summed E-state index contributed by atoms with van der Waals surface area (Å²) in [6.45, 7) is 4.72. The summed E-state index contributed by atoms with van der Waals surface area (Å²) in [6.07, 6.45) is 0.595. The van der Waals surface area contributed by atoms with Crippen LogP contribution in [0, 0.1) is 0 Å². The molecule has 1 N–H and O–H groups in total. The first-order valence-electron chi connectivity index (χ1n) is 6.55. The van der Waals surface area contributed by atoms with Gasteiger partial charge in [0.25, 0.3) is 0 Å². The minimum Gasteiger partial charge on any atom is -0.337 e. The summed E-state index contributed by atoms with van der Waals surface area (Å²) in [4.78, 5) is 15.3. The summed E-state index contributed by atoms with van der Waals surface area (Å²) < 4.78 is 0. The summed E-state index contributed by atoms with van der Waals surface area (Å²) in [5, 5.41) is 4.04. The fourth-order valence-electron chi connectivity index (χ4n) is 2.14. The van der Waals surface area contributed by atoms with Gasteiger partial charge in [-0.1, -0.05) is 11.6 Å². The first kappa shape index (κ1) is 17.6. The van der Waals surface area contributed by atoms with Gasteiger partial charge in [-0.2, -0.15) is 0 Å². The maximum atomic E-state index is 12.1. The Kier molecular flexibility index (Phi) is 7.74. The lowest BCUT2D eigenvalue weighted by molar-refractivity contribution is -0.133. The zero-order valence-electron chi connectivity index (χ0n) is 11.5. The number of piperazine rings is 1. The third kappa shape index (κ3) is 5.17. The lowest BCUT2D eigenvalue weighted by atomic mass is 10.2. The highest BCUT2D eigenvalue weighted by atomic mass is 35.5. The van der Waals surface area contributed by atoms with Gasteiger partial charge in [-0.05, 0) is 31.2 Å². The topological polar surface area (TPSA) is 32.3 Å². The second-order valence-corrected chi connectivity index (χ2v) is 6.30. The van der Waals surface area contributed by atoms with E-state index in [9.17, 15) is 4.79 Å². The lowest BCUT2D eigenvalue weighted by Gasteiger charge is -2.34. The molecule has 0 spiro atoms. The molecule has 0 radical (unpaired) electrons. The minimum atomic E-state index is 0. The maximum Gasteiger partial charge on any atom is 0.223 e. The van der Waals surface area contributed by atoms with E-state index in [-0.39, 0.29) is 18.3 Å². The Morgan fingerprint density at radius 1 is 1.45 bits per heavy atom. The van der Waals surface area contributed by atoms with Gasteiger partial charge >= 0.3 is 0 Å². The number of benzene rings is 1. The number of thioether (sulfide) groups is 1. The monoisotopic (exact) mass is 334 g/mol. The molecule has 0 aromatic heterocycles. The molecule has 0 aliphatic carbocycles. The number of nitrogens with one attached hydrogen (secondary N) is 1. The van der Waals surface area contributed by atoms with Crippen LogP contribution in [0.3, 0.4) is 0 Å². The molecule has 2 rings (SSSR count). The third-order valence-electron chi connectivity index (χ3n) is 3.22. The van der Waals surface area contributed by atoms with Crippen LogP contribution in [0.5, 0.6) is 0 Å². The summed E-state index contributed by atoms with van der Waals surface area (Å²) in [6, 6.07) is 8.05. The van der Waals surface area contributed by atoms with E-state index in [2.05, 4.69) is 12.2 Å². The van der Waals surface area contributed by atoms with Gasteiger partial charge in [-0.25, -0.2) is 0 Å². The van der Waals surface area contributed by atoms with Crippen LogP contribution < -0.4 is 5.32 Å². The molecular weight excluding hydrogens is 315 g/mol. The Bertz CT molecular complexity index is 428.